The van der Waals surface area contributed by atoms with Gasteiger partial charge in [0.25, 0.3) is 0 Å². The van der Waals surface area contributed by atoms with Gasteiger partial charge >= 0.3 is 0 Å². The van der Waals surface area contributed by atoms with Crippen LogP contribution in [0.3, 0.4) is 0 Å². The summed E-state index contributed by atoms with van der Waals surface area (Å²) in [6, 6.07) is 7.15. The first-order valence-corrected chi connectivity index (χ1v) is 5.05. The van der Waals surface area contributed by atoms with E-state index in [2.05, 4.69) is 9.97 Å². The summed E-state index contributed by atoms with van der Waals surface area (Å²) >= 11 is 0. The van der Waals surface area contributed by atoms with E-state index in [0.29, 0.717) is 28.7 Å². The van der Waals surface area contributed by atoms with Crippen LogP contribution in [-0.2, 0) is 0 Å². The number of anilines is 1. The zero-order chi connectivity index (χ0) is 11.7. The maximum absolute atomic E-state index is 5.87. The number of hydrogen-bond donors (Lipinski definition) is 1. The highest BCUT2D eigenvalue weighted by molar-refractivity contribution is 5.70. The van der Waals surface area contributed by atoms with Gasteiger partial charge in [0.15, 0.2) is 11.6 Å². The Morgan fingerprint density at radius 1 is 1.00 bits per heavy atom. The Morgan fingerprint density at radius 2 is 1.71 bits per heavy atom. The molecule has 5 nitrogen and oxygen atoms in total. The average Bonchev–Trinajstić information content (AvgIpc) is 3.02. The SMILES string of the molecule is Nc1nc(-c2ccco2)ncc1-c1ccco1. The molecule has 2 N–H and O–H groups in total. The fourth-order valence-corrected chi connectivity index (χ4v) is 1.54. The Bertz CT molecular complexity index is 615. The predicted molar refractivity (Wildman–Crippen MR) is 61.8 cm³/mol. The second-order valence-electron chi connectivity index (χ2n) is 3.45. The van der Waals surface area contributed by atoms with Crippen LogP contribution in [-0.4, -0.2) is 9.97 Å². The molecule has 3 rings (SSSR count). The average molecular weight is 227 g/mol. The van der Waals surface area contributed by atoms with E-state index in [-0.39, 0.29) is 0 Å². The van der Waals surface area contributed by atoms with Gasteiger partial charge in [-0.1, -0.05) is 0 Å². The first-order valence-electron chi connectivity index (χ1n) is 5.05. The summed E-state index contributed by atoms with van der Waals surface area (Å²) < 4.78 is 10.4. The quantitative estimate of drug-likeness (QED) is 0.727. The molecule has 0 saturated carbocycles. The van der Waals surface area contributed by atoms with E-state index in [9.17, 15) is 0 Å². The molecule has 0 spiro atoms. The van der Waals surface area contributed by atoms with Crippen LogP contribution in [0.25, 0.3) is 22.9 Å². The number of hydrogen-bond acceptors (Lipinski definition) is 5. The largest absolute Gasteiger partial charge is 0.464 e. The van der Waals surface area contributed by atoms with Crippen LogP contribution in [0.4, 0.5) is 5.82 Å². The van der Waals surface area contributed by atoms with Crippen molar-refractivity contribution in [3.63, 3.8) is 0 Å². The van der Waals surface area contributed by atoms with Crippen LogP contribution < -0.4 is 5.73 Å². The molecule has 0 aliphatic rings. The third-order valence-corrected chi connectivity index (χ3v) is 2.35. The monoisotopic (exact) mass is 227 g/mol. The molecule has 0 aliphatic heterocycles. The number of furan rings is 2. The second kappa shape index (κ2) is 3.79. The normalized spacial score (nSPS) is 10.6. The molecule has 0 aliphatic carbocycles. The summed E-state index contributed by atoms with van der Waals surface area (Å²) in [5.74, 6) is 2.06. The van der Waals surface area contributed by atoms with Gasteiger partial charge in [0.05, 0.1) is 18.1 Å². The van der Waals surface area contributed by atoms with E-state index in [1.54, 1.807) is 36.9 Å². The van der Waals surface area contributed by atoms with Gasteiger partial charge in [-0.05, 0) is 24.3 Å². The van der Waals surface area contributed by atoms with Gasteiger partial charge in [0, 0.05) is 6.20 Å². The predicted octanol–water partition coefficient (Wildman–Crippen LogP) is 2.58. The molecular weight excluding hydrogens is 218 g/mol. The summed E-state index contributed by atoms with van der Waals surface area (Å²) in [4.78, 5) is 8.38. The number of nitrogens with two attached hydrogens (primary N) is 1. The third-order valence-electron chi connectivity index (χ3n) is 2.35. The minimum atomic E-state index is 0.362. The van der Waals surface area contributed by atoms with E-state index < -0.39 is 0 Å². The van der Waals surface area contributed by atoms with Crippen LogP contribution in [0.1, 0.15) is 0 Å². The molecule has 17 heavy (non-hydrogen) atoms. The molecule has 0 fully saturated rings. The number of rotatable bonds is 2. The molecule has 0 radical (unpaired) electrons. The first-order chi connectivity index (χ1) is 8.34. The molecule has 5 heteroatoms. The lowest BCUT2D eigenvalue weighted by Crippen LogP contribution is -1.97. The van der Waals surface area contributed by atoms with Gasteiger partial charge in [0.1, 0.15) is 11.6 Å². The minimum Gasteiger partial charge on any atom is -0.464 e. The third kappa shape index (κ3) is 1.67. The molecule has 3 aromatic rings. The number of aromatic nitrogens is 2. The summed E-state index contributed by atoms with van der Waals surface area (Å²) in [7, 11) is 0. The highest BCUT2D eigenvalue weighted by atomic mass is 16.3. The summed E-state index contributed by atoms with van der Waals surface area (Å²) in [6.45, 7) is 0. The number of nitrogens with zero attached hydrogens (tertiary/aromatic N) is 2. The van der Waals surface area contributed by atoms with E-state index in [0.717, 1.165) is 0 Å². The second-order valence-corrected chi connectivity index (χ2v) is 3.45. The Kier molecular flexibility index (Phi) is 2.15. The Labute approximate surface area is 96.9 Å². The van der Waals surface area contributed by atoms with Crippen LogP contribution >= 0.6 is 0 Å². The summed E-state index contributed by atoms with van der Waals surface area (Å²) in [5, 5.41) is 0. The smallest absolute Gasteiger partial charge is 0.197 e. The van der Waals surface area contributed by atoms with Crippen LogP contribution in [0, 0.1) is 0 Å². The van der Waals surface area contributed by atoms with E-state index in [1.807, 2.05) is 6.07 Å². The van der Waals surface area contributed by atoms with Crippen molar-refractivity contribution >= 4 is 5.82 Å². The maximum atomic E-state index is 5.87. The molecule has 0 amide bonds. The van der Waals surface area contributed by atoms with Crippen LogP contribution in [0.5, 0.6) is 0 Å². The van der Waals surface area contributed by atoms with Crippen molar-refractivity contribution < 1.29 is 8.83 Å². The van der Waals surface area contributed by atoms with Gasteiger partial charge in [-0.15, -0.1) is 0 Å². The maximum Gasteiger partial charge on any atom is 0.197 e. The zero-order valence-corrected chi connectivity index (χ0v) is 8.83. The van der Waals surface area contributed by atoms with Crippen molar-refractivity contribution in [3.8, 4) is 22.9 Å². The molecule has 0 bridgehead atoms. The van der Waals surface area contributed by atoms with Crippen molar-refractivity contribution in [2.45, 2.75) is 0 Å². The highest BCUT2D eigenvalue weighted by Crippen LogP contribution is 2.26. The van der Waals surface area contributed by atoms with Crippen molar-refractivity contribution in [3.05, 3.63) is 43.0 Å². The van der Waals surface area contributed by atoms with Gasteiger partial charge in [0.2, 0.25) is 0 Å². The van der Waals surface area contributed by atoms with Gasteiger partial charge in [-0.2, -0.15) is 0 Å². The Hall–Kier alpha value is -2.56. The summed E-state index contributed by atoms with van der Waals surface area (Å²) in [6.07, 6.45) is 4.77. The molecule has 3 aromatic heterocycles. The molecule has 84 valence electrons. The van der Waals surface area contributed by atoms with Crippen molar-refractivity contribution in [1.82, 2.24) is 9.97 Å². The Balaban J connectivity index is 2.06. The molecule has 3 heterocycles. The molecular formula is C12H9N3O2. The molecule has 0 aromatic carbocycles. The van der Waals surface area contributed by atoms with Crippen molar-refractivity contribution in [2.24, 2.45) is 0 Å². The van der Waals surface area contributed by atoms with Crippen LogP contribution in [0.15, 0.2) is 51.8 Å². The fourth-order valence-electron chi connectivity index (χ4n) is 1.54. The van der Waals surface area contributed by atoms with Crippen LogP contribution in [0.2, 0.25) is 0 Å². The van der Waals surface area contributed by atoms with Crippen molar-refractivity contribution in [2.75, 3.05) is 5.73 Å². The van der Waals surface area contributed by atoms with Crippen molar-refractivity contribution in [1.29, 1.82) is 0 Å². The van der Waals surface area contributed by atoms with E-state index in [1.165, 1.54) is 0 Å². The fraction of sp³-hybridized carbons (Fsp3) is 0. The van der Waals surface area contributed by atoms with E-state index >= 15 is 0 Å². The molecule has 0 atom stereocenters. The lowest BCUT2D eigenvalue weighted by Gasteiger charge is -2.02. The highest BCUT2D eigenvalue weighted by Gasteiger charge is 2.11. The molecule has 0 unspecified atom stereocenters. The van der Waals surface area contributed by atoms with Gasteiger partial charge in [-0.3, -0.25) is 0 Å². The number of nitrogen functional groups attached to an aromatic ring is 1. The van der Waals surface area contributed by atoms with E-state index in [4.69, 9.17) is 14.6 Å². The lowest BCUT2D eigenvalue weighted by atomic mass is 10.2. The lowest BCUT2D eigenvalue weighted by molar-refractivity contribution is 0.576. The summed E-state index contributed by atoms with van der Waals surface area (Å²) in [5.41, 5.74) is 6.54. The topological polar surface area (TPSA) is 78.1 Å². The zero-order valence-electron chi connectivity index (χ0n) is 8.83. The minimum absolute atomic E-state index is 0.362. The Morgan fingerprint density at radius 3 is 2.29 bits per heavy atom. The first kappa shape index (κ1) is 9.65. The van der Waals surface area contributed by atoms with Gasteiger partial charge in [-0.25, -0.2) is 9.97 Å². The standard InChI is InChI=1S/C12H9N3O2/c13-11-8(9-3-1-5-16-9)7-14-12(15-11)10-4-2-6-17-10/h1-7H,(H2,13,14,15). The molecule has 0 saturated heterocycles. The van der Waals surface area contributed by atoms with Gasteiger partial charge < -0.3 is 14.6 Å².